The smallest absolute Gasteiger partial charge is 0.336 e. The molecule has 5 heteroatoms. The van der Waals surface area contributed by atoms with Gasteiger partial charge >= 0.3 is 5.97 Å². The molecule has 0 aromatic rings. The van der Waals surface area contributed by atoms with Gasteiger partial charge in [-0.05, 0) is 39.2 Å². The van der Waals surface area contributed by atoms with Crippen LogP contribution < -0.4 is 0 Å². The lowest BCUT2D eigenvalue weighted by Crippen LogP contribution is -2.48. The maximum absolute atomic E-state index is 10.8. The van der Waals surface area contributed by atoms with Crippen molar-refractivity contribution in [3.8, 4) is 0 Å². The Morgan fingerprint density at radius 2 is 2.25 bits per heavy atom. The highest BCUT2D eigenvalue weighted by Crippen LogP contribution is 2.23. The van der Waals surface area contributed by atoms with Crippen LogP contribution in [-0.4, -0.2) is 57.5 Å². The maximum atomic E-state index is 10.8. The molecule has 94 valence electrons. The van der Waals surface area contributed by atoms with Gasteiger partial charge in [0.1, 0.15) is 0 Å². The third-order valence-electron chi connectivity index (χ3n) is 3.17. The molecule has 0 bridgehead atoms. The molecule has 0 radical (unpaired) electrons. The van der Waals surface area contributed by atoms with Crippen LogP contribution in [0.1, 0.15) is 32.6 Å². The van der Waals surface area contributed by atoms with Crippen molar-refractivity contribution in [1.29, 1.82) is 0 Å². The summed E-state index contributed by atoms with van der Waals surface area (Å²) in [6, 6.07) is 0.304. The molecule has 1 rings (SSSR count). The molecule has 5 nitrogen and oxygen atoms in total. The zero-order valence-electron chi connectivity index (χ0n) is 9.72. The second kappa shape index (κ2) is 5.61. The standard InChI is InChI=1S/C11H21NO4/c1-11(16,10(14)15)8-12-6-2-4-9(12)5-3-7-13/h9,13,16H,2-8H2,1H3,(H,14,15). The lowest BCUT2D eigenvalue weighted by atomic mass is 10.0. The van der Waals surface area contributed by atoms with Crippen LogP contribution in [0.4, 0.5) is 0 Å². The molecule has 2 atom stereocenters. The number of carboxylic acids is 1. The summed E-state index contributed by atoms with van der Waals surface area (Å²) in [6.45, 7) is 2.49. The molecule has 1 aliphatic rings. The first-order valence-corrected chi connectivity index (χ1v) is 5.78. The van der Waals surface area contributed by atoms with E-state index in [1.54, 1.807) is 0 Å². The number of hydrogen-bond donors (Lipinski definition) is 3. The molecule has 0 aromatic carbocycles. The Labute approximate surface area is 95.7 Å². The van der Waals surface area contributed by atoms with Gasteiger partial charge in [0, 0.05) is 19.2 Å². The summed E-state index contributed by atoms with van der Waals surface area (Å²) in [4.78, 5) is 12.8. The van der Waals surface area contributed by atoms with Gasteiger partial charge in [-0.2, -0.15) is 0 Å². The van der Waals surface area contributed by atoms with Crippen molar-refractivity contribution >= 4 is 5.97 Å². The molecule has 1 saturated heterocycles. The zero-order valence-corrected chi connectivity index (χ0v) is 9.72. The molecule has 3 N–H and O–H groups in total. The highest BCUT2D eigenvalue weighted by molar-refractivity contribution is 5.76. The third-order valence-corrected chi connectivity index (χ3v) is 3.17. The minimum absolute atomic E-state index is 0.165. The number of rotatable bonds is 6. The van der Waals surface area contributed by atoms with Gasteiger partial charge < -0.3 is 15.3 Å². The number of carbonyl (C=O) groups is 1. The number of carboxylic acid groups (broad SMARTS) is 1. The molecule has 0 aromatic heterocycles. The normalized spacial score (nSPS) is 25.6. The summed E-state index contributed by atoms with van der Waals surface area (Å²) in [5, 5.41) is 27.3. The van der Waals surface area contributed by atoms with Gasteiger partial charge in [-0.1, -0.05) is 0 Å². The minimum atomic E-state index is -1.68. The van der Waals surface area contributed by atoms with E-state index in [1.165, 1.54) is 6.92 Å². The monoisotopic (exact) mass is 231 g/mol. The number of aliphatic carboxylic acids is 1. The van der Waals surface area contributed by atoms with Crippen LogP contribution in [0, 0.1) is 0 Å². The van der Waals surface area contributed by atoms with E-state index < -0.39 is 11.6 Å². The molecule has 1 aliphatic heterocycles. The van der Waals surface area contributed by atoms with Crippen molar-refractivity contribution in [1.82, 2.24) is 4.90 Å². The highest BCUT2D eigenvalue weighted by Gasteiger charge is 2.36. The van der Waals surface area contributed by atoms with Gasteiger partial charge in [-0.15, -0.1) is 0 Å². The lowest BCUT2D eigenvalue weighted by molar-refractivity contribution is -0.158. The second-order valence-corrected chi connectivity index (χ2v) is 4.71. The van der Waals surface area contributed by atoms with Crippen LogP contribution in [0.2, 0.25) is 0 Å². The number of nitrogens with zero attached hydrogens (tertiary/aromatic N) is 1. The predicted molar refractivity (Wildman–Crippen MR) is 59.2 cm³/mol. The Bertz CT molecular complexity index is 242. The van der Waals surface area contributed by atoms with Crippen LogP contribution in [0.25, 0.3) is 0 Å². The second-order valence-electron chi connectivity index (χ2n) is 4.71. The largest absolute Gasteiger partial charge is 0.479 e. The number of aliphatic hydroxyl groups excluding tert-OH is 1. The molecular weight excluding hydrogens is 210 g/mol. The maximum Gasteiger partial charge on any atom is 0.336 e. The van der Waals surface area contributed by atoms with E-state index >= 15 is 0 Å². The summed E-state index contributed by atoms with van der Waals surface area (Å²) in [7, 11) is 0. The number of aliphatic hydroxyl groups is 2. The average molecular weight is 231 g/mol. The van der Waals surface area contributed by atoms with Crippen molar-refractivity contribution in [2.45, 2.75) is 44.2 Å². The first-order valence-electron chi connectivity index (χ1n) is 5.78. The first-order chi connectivity index (χ1) is 7.47. The Kier molecular flexibility index (Phi) is 4.70. The summed E-state index contributed by atoms with van der Waals surface area (Å²) in [5.74, 6) is -1.18. The number of likely N-dealkylation sites (tertiary alicyclic amines) is 1. The molecule has 0 spiro atoms. The van der Waals surface area contributed by atoms with E-state index in [1.807, 2.05) is 4.90 Å². The van der Waals surface area contributed by atoms with Crippen LogP contribution in [0.3, 0.4) is 0 Å². The summed E-state index contributed by atoms with van der Waals surface area (Å²) < 4.78 is 0. The van der Waals surface area contributed by atoms with Gasteiger partial charge in [0.25, 0.3) is 0 Å². The number of β-amino-alcohol motifs (C(OH)–C–C–N with tert-alkyl or cyclic N) is 1. The van der Waals surface area contributed by atoms with E-state index in [0.29, 0.717) is 6.04 Å². The Morgan fingerprint density at radius 3 is 2.81 bits per heavy atom. The van der Waals surface area contributed by atoms with Crippen LogP contribution in [-0.2, 0) is 4.79 Å². The number of hydrogen-bond acceptors (Lipinski definition) is 4. The van der Waals surface area contributed by atoms with Crippen molar-refractivity contribution in [3.05, 3.63) is 0 Å². The molecule has 1 fully saturated rings. The Morgan fingerprint density at radius 1 is 1.56 bits per heavy atom. The fourth-order valence-electron chi connectivity index (χ4n) is 2.22. The summed E-state index contributed by atoms with van der Waals surface area (Å²) in [5.41, 5.74) is -1.68. The van der Waals surface area contributed by atoms with Gasteiger partial charge in [0.15, 0.2) is 5.60 Å². The summed E-state index contributed by atoms with van der Waals surface area (Å²) >= 11 is 0. The van der Waals surface area contributed by atoms with Crippen molar-refractivity contribution in [2.24, 2.45) is 0 Å². The van der Waals surface area contributed by atoms with Crippen LogP contribution in [0.5, 0.6) is 0 Å². The van der Waals surface area contributed by atoms with Crippen molar-refractivity contribution in [3.63, 3.8) is 0 Å². The zero-order chi connectivity index (χ0) is 12.2. The Hall–Kier alpha value is -0.650. The van der Waals surface area contributed by atoms with Crippen LogP contribution >= 0.6 is 0 Å². The fraction of sp³-hybridized carbons (Fsp3) is 0.909. The molecule has 2 unspecified atom stereocenters. The molecule has 0 saturated carbocycles. The quantitative estimate of drug-likeness (QED) is 0.602. The average Bonchev–Trinajstić information content (AvgIpc) is 2.61. The van der Waals surface area contributed by atoms with Gasteiger partial charge in [0.05, 0.1) is 0 Å². The van der Waals surface area contributed by atoms with E-state index in [0.717, 1.165) is 32.2 Å². The molecule has 0 aliphatic carbocycles. The van der Waals surface area contributed by atoms with Gasteiger partial charge in [-0.25, -0.2) is 4.79 Å². The molecule has 1 heterocycles. The molecule has 0 amide bonds. The topological polar surface area (TPSA) is 81.0 Å². The van der Waals surface area contributed by atoms with E-state index in [4.69, 9.17) is 10.2 Å². The first kappa shape index (κ1) is 13.4. The van der Waals surface area contributed by atoms with E-state index in [9.17, 15) is 9.90 Å². The minimum Gasteiger partial charge on any atom is -0.479 e. The fourth-order valence-corrected chi connectivity index (χ4v) is 2.22. The van der Waals surface area contributed by atoms with Gasteiger partial charge in [-0.3, -0.25) is 4.90 Å². The Balaban J connectivity index is 2.49. The van der Waals surface area contributed by atoms with E-state index in [2.05, 4.69) is 0 Å². The lowest BCUT2D eigenvalue weighted by Gasteiger charge is -2.30. The van der Waals surface area contributed by atoms with Crippen molar-refractivity contribution < 1.29 is 20.1 Å². The van der Waals surface area contributed by atoms with Gasteiger partial charge in [0.2, 0.25) is 0 Å². The molecular formula is C11H21NO4. The SMILES string of the molecule is CC(O)(CN1CCCC1CCCO)C(=O)O. The third kappa shape index (κ3) is 3.43. The van der Waals surface area contributed by atoms with Crippen molar-refractivity contribution in [2.75, 3.05) is 19.7 Å². The van der Waals surface area contributed by atoms with E-state index in [-0.39, 0.29) is 13.2 Å². The molecule has 16 heavy (non-hydrogen) atoms. The summed E-state index contributed by atoms with van der Waals surface area (Å²) in [6.07, 6.45) is 3.66. The predicted octanol–water partition coefficient (Wildman–Crippen LogP) is 0.0589. The highest BCUT2D eigenvalue weighted by atomic mass is 16.4. The van der Waals surface area contributed by atoms with Crippen LogP contribution in [0.15, 0.2) is 0 Å².